The summed E-state index contributed by atoms with van der Waals surface area (Å²) in [5, 5.41) is 11.3. The van der Waals surface area contributed by atoms with Crippen LogP contribution in [-0.4, -0.2) is 35.8 Å². The van der Waals surface area contributed by atoms with Crippen LogP contribution in [0.3, 0.4) is 0 Å². The van der Waals surface area contributed by atoms with Gasteiger partial charge in [0.1, 0.15) is 23.9 Å². The second-order valence-electron chi connectivity index (χ2n) is 9.47. The molecule has 0 radical (unpaired) electrons. The lowest BCUT2D eigenvalue weighted by Crippen LogP contribution is -2.42. The third-order valence-electron chi connectivity index (χ3n) is 6.05. The molecule has 1 unspecified atom stereocenters. The summed E-state index contributed by atoms with van der Waals surface area (Å²) in [6, 6.07) is 30.4. The summed E-state index contributed by atoms with van der Waals surface area (Å²) < 4.78 is 19.0. The highest BCUT2D eigenvalue weighted by molar-refractivity contribution is 5.47. The second kappa shape index (κ2) is 10.2. The van der Waals surface area contributed by atoms with Crippen molar-refractivity contribution in [3.05, 3.63) is 119 Å². The van der Waals surface area contributed by atoms with Gasteiger partial charge in [-0.25, -0.2) is 0 Å². The highest BCUT2D eigenvalue weighted by Gasteiger charge is 2.45. The van der Waals surface area contributed by atoms with Crippen LogP contribution in [0, 0.1) is 0 Å². The highest BCUT2D eigenvalue weighted by atomic mass is 16.8. The quantitative estimate of drug-likeness (QED) is 0.340. The molecule has 0 aromatic heterocycles. The maximum absolute atomic E-state index is 11.3. The van der Waals surface area contributed by atoms with E-state index in [1.807, 2.05) is 88.4 Å². The number of aliphatic hydroxyl groups is 1. The van der Waals surface area contributed by atoms with Gasteiger partial charge >= 0.3 is 0 Å². The van der Waals surface area contributed by atoms with E-state index in [1.54, 1.807) is 0 Å². The van der Waals surface area contributed by atoms with Gasteiger partial charge in [-0.15, -0.1) is 0 Å². The number of hydrogen-bond donors (Lipinski definition) is 1. The molecule has 178 valence electrons. The van der Waals surface area contributed by atoms with Crippen molar-refractivity contribution in [2.24, 2.45) is 0 Å². The minimum Gasteiger partial charge on any atom is -0.388 e. The predicted octanol–water partition coefficient (Wildman–Crippen LogP) is 5.84. The number of allylic oxidation sites excluding steroid dienone is 1. The van der Waals surface area contributed by atoms with Gasteiger partial charge < -0.3 is 19.3 Å². The van der Waals surface area contributed by atoms with E-state index in [4.69, 9.17) is 14.2 Å². The van der Waals surface area contributed by atoms with E-state index in [0.29, 0.717) is 0 Å². The van der Waals surface area contributed by atoms with Crippen LogP contribution < -0.4 is 0 Å². The van der Waals surface area contributed by atoms with Gasteiger partial charge in [-0.05, 0) is 44.4 Å². The van der Waals surface area contributed by atoms with Crippen molar-refractivity contribution < 1.29 is 19.3 Å². The Balaban J connectivity index is 1.73. The summed E-state index contributed by atoms with van der Waals surface area (Å²) in [5.41, 5.74) is 3.18. The molecule has 0 aliphatic carbocycles. The zero-order chi connectivity index (χ0) is 24.2. The average Bonchev–Trinajstić information content (AvgIpc) is 3.14. The van der Waals surface area contributed by atoms with Gasteiger partial charge in [0.15, 0.2) is 5.79 Å². The Bertz CT molecular complexity index is 976. The summed E-state index contributed by atoms with van der Waals surface area (Å²) in [7, 11) is 0. The molecule has 0 saturated carbocycles. The van der Waals surface area contributed by atoms with Gasteiger partial charge in [0.2, 0.25) is 0 Å². The molecule has 1 saturated heterocycles. The number of hydrogen-bond acceptors (Lipinski definition) is 4. The Morgan fingerprint density at radius 1 is 0.853 bits per heavy atom. The van der Waals surface area contributed by atoms with Crippen LogP contribution >= 0.6 is 0 Å². The molecule has 34 heavy (non-hydrogen) atoms. The molecule has 0 amide bonds. The molecule has 1 N–H and O–H groups in total. The van der Waals surface area contributed by atoms with E-state index in [9.17, 15) is 5.11 Å². The lowest BCUT2D eigenvalue weighted by molar-refractivity contribution is -0.160. The van der Waals surface area contributed by atoms with E-state index < -0.39 is 23.6 Å². The molecule has 3 aromatic carbocycles. The van der Waals surface area contributed by atoms with Crippen molar-refractivity contribution in [2.45, 2.75) is 57.4 Å². The normalized spacial score (nSPS) is 20.6. The minimum atomic E-state index is -0.897. The molecule has 1 aliphatic heterocycles. The van der Waals surface area contributed by atoms with E-state index in [1.165, 1.54) is 0 Å². The molecule has 4 heteroatoms. The first-order chi connectivity index (χ1) is 16.3. The standard InChI is InChI=1S/C30H34O4/c1-22(2)20-27-28(34-29(3,4)33-27)26(31)21-32-30(23-14-8-5-9-15-23,24-16-10-6-11-17-24)25-18-12-7-13-19-25/h5-20,26-28,31H,21H2,1-4H3/t26?,27-,28+/m0/s1. The van der Waals surface area contributed by atoms with Gasteiger partial charge in [0, 0.05) is 0 Å². The fraction of sp³-hybridized carbons (Fsp3) is 0.333. The number of rotatable bonds is 8. The molecule has 4 nitrogen and oxygen atoms in total. The molecular formula is C30H34O4. The van der Waals surface area contributed by atoms with Gasteiger partial charge in [0.25, 0.3) is 0 Å². The summed E-state index contributed by atoms with van der Waals surface area (Å²) in [5.74, 6) is -0.780. The molecule has 3 aromatic rings. The molecular weight excluding hydrogens is 424 g/mol. The van der Waals surface area contributed by atoms with E-state index in [0.717, 1.165) is 22.3 Å². The zero-order valence-electron chi connectivity index (χ0n) is 20.3. The summed E-state index contributed by atoms with van der Waals surface area (Å²) in [6.45, 7) is 7.83. The fourth-order valence-electron chi connectivity index (χ4n) is 4.65. The number of ether oxygens (including phenoxy) is 3. The Labute approximate surface area is 202 Å². The average molecular weight is 459 g/mol. The Kier molecular flexibility index (Phi) is 7.34. The van der Waals surface area contributed by atoms with Crippen LogP contribution in [0.5, 0.6) is 0 Å². The third kappa shape index (κ3) is 5.16. The van der Waals surface area contributed by atoms with Crippen LogP contribution in [0.1, 0.15) is 44.4 Å². The molecule has 4 rings (SSSR count). The van der Waals surface area contributed by atoms with Crippen molar-refractivity contribution in [3.8, 4) is 0 Å². The largest absolute Gasteiger partial charge is 0.388 e. The van der Waals surface area contributed by atoms with Crippen LogP contribution in [0.4, 0.5) is 0 Å². The van der Waals surface area contributed by atoms with Gasteiger partial charge in [-0.3, -0.25) is 0 Å². The fourth-order valence-corrected chi connectivity index (χ4v) is 4.65. The maximum Gasteiger partial charge on any atom is 0.164 e. The lowest BCUT2D eigenvalue weighted by atomic mass is 9.80. The van der Waals surface area contributed by atoms with Crippen LogP contribution in [0.2, 0.25) is 0 Å². The lowest BCUT2D eigenvalue weighted by Gasteiger charge is -2.37. The van der Waals surface area contributed by atoms with Crippen molar-refractivity contribution in [2.75, 3.05) is 6.61 Å². The topological polar surface area (TPSA) is 47.9 Å². The van der Waals surface area contributed by atoms with Crippen molar-refractivity contribution in [3.63, 3.8) is 0 Å². The summed E-state index contributed by atoms with van der Waals surface area (Å²) >= 11 is 0. The summed E-state index contributed by atoms with van der Waals surface area (Å²) in [4.78, 5) is 0. The Morgan fingerprint density at radius 2 is 1.29 bits per heavy atom. The van der Waals surface area contributed by atoms with Gasteiger partial charge in [0.05, 0.1) is 6.61 Å². The zero-order valence-corrected chi connectivity index (χ0v) is 20.3. The van der Waals surface area contributed by atoms with Gasteiger partial charge in [-0.2, -0.15) is 0 Å². The van der Waals surface area contributed by atoms with E-state index in [2.05, 4.69) is 36.4 Å². The summed E-state index contributed by atoms with van der Waals surface area (Å²) in [6.07, 6.45) is 0.225. The van der Waals surface area contributed by atoms with Gasteiger partial charge in [-0.1, -0.05) is 103 Å². The van der Waals surface area contributed by atoms with Crippen molar-refractivity contribution in [1.82, 2.24) is 0 Å². The van der Waals surface area contributed by atoms with E-state index >= 15 is 0 Å². The van der Waals surface area contributed by atoms with Crippen molar-refractivity contribution in [1.29, 1.82) is 0 Å². The number of aliphatic hydroxyl groups excluding tert-OH is 1. The first kappa shape index (κ1) is 24.4. The third-order valence-corrected chi connectivity index (χ3v) is 6.05. The molecule has 3 atom stereocenters. The van der Waals surface area contributed by atoms with Crippen LogP contribution in [0.25, 0.3) is 0 Å². The SMILES string of the molecule is CC(C)=C[C@@H]1OC(C)(C)O[C@@H]1C(O)COC(c1ccccc1)(c1ccccc1)c1ccccc1. The first-order valence-electron chi connectivity index (χ1n) is 11.8. The Morgan fingerprint density at radius 3 is 1.71 bits per heavy atom. The molecule has 0 spiro atoms. The second-order valence-corrected chi connectivity index (χ2v) is 9.47. The Hall–Kier alpha value is -2.76. The molecule has 1 fully saturated rings. The number of benzene rings is 3. The monoisotopic (exact) mass is 458 g/mol. The van der Waals surface area contributed by atoms with Crippen molar-refractivity contribution >= 4 is 0 Å². The smallest absolute Gasteiger partial charge is 0.164 e. The van der Waals surface area contributed by atoms with E-state index in [-0.39, 0.29) is 12.7 Å². The maximum atomic E-state index is 11.3. The predicted molar refractivity (Wildman–Crippen MR) is 134 cm³/mol. The molecule has 1 heterocycles. The minimum absolute atomic E-state index is 0.0654. The molecule has 0 bridgehead atoms. The highest BCUT2D eigenvalue weighted by Crippen LogP contribution is 2.41. The van der Waals surface area contributed by atoms with Crippen LogP contribution in [0.15, 0.2) is 103 Å². The molecule has 1 aliphatic rings. The van der Waals surface area contributed by atoms with Crippen LogP contribution in [-0.2, 0) is 19.8 Å². The first-order valence-corrected chi connectivity index (χ1v) is 11.8.